The third kappa shape index (κ3) is 6.42. The van der Waals surface area contributed by atoms with Gasteiger partial charge in [0.1, 0.15) is 5.75 Å². The van der Waals surface area contributed by atoms with E-state index in [1.54, 1.807) is 0 Å². The minimum Gasteiger partial charge on any atom is -0.493 e. The molecule has 42 heavy (non-hydrogen) atoms. The predicted octanol–water partition coefficient (Wildman–Crippen LogP) is 5.19. The van der Waals surface area contributed by atoms with Crippen LogP contribution in [0.1, 0.15) is 62.5 Å². The van der Waals surface area contributed by atoms with Gasteiger partial charge in [-0.3, -0.25) is 4.79 Å². The molecule has 3 atom stereocenters. The summed E-state index contributed by atoms with van der Waals surface area (Å²) in [5, 5.41) is 0. The number of ether oxygens (including phenoxy) is 1. The number of piperidine rings is 1. The van der Waals surface area contributed by atoms with Gasteiger partial charge >= 0.3 is 6.18 Å². The third-order valence-electron chi connectivity index (χ3n) is 8.60. The van der Waals surface area contributed by atoms with Gasteiger partial charge in [0.05, 0.1) is 17.1 Å². The number of benzene rings is 2. The monoisotopic (exact) mass is 615 g/mol. The third-order valence-corrected chi connectivity index (χ3v) is 10.0. The van der Waals surface area contributed by atoms with E-state index in [9.17, 15) is 26.4 Å². The number of carbonyl (C=O) groups is 1. The summed E-state index contributed by atoms with van der Waals surface area (Å²) >= 11 is 0. The molecule has 230 valence electrons. The highest BCUT2D eigenvalue weighted by atomic mass is 32.2. The largest absolute Gasteiger partial charge is 0.493 e. The van der Waals surface area contributed by atoms with E-state index in [4.69, 9.17) is 10.5 Å². The molecule has 7 nitrogen and oxygen atoms in total. The summed E-state index contributed by atoms with van der Waals surface area (Å²) in [7, 11) is -4.68. The number of rotatable bonds is 9. The van der Waals surface area contributed by atoms with E-state index in [2.05, 4.69) is 0 Å². The van der Waals surface area contributed by atoms with Crippen molar-refractivity contribution in [1.29, 1.82) is 0 Å². The minimum atomic E-state index is -4.76. The number of nitrogens with one attached hydrogen (secondary N) is 1. The van der Waals surface area contributed by atoms with Crippen LogP contribution in [0.25, 0.3) is 0 Å². The molecule has 0 aromatic heterocycles. The Morgan fingerprint density at radius 1 is 0.905 bits per heavy atom. The second kappa shape index (κ2) is 11.7. The zero-order valence-electron chi connectivity index (χ0n) is 22.8. The lowest BCUT2D eigenvalue weighted by Crippen LogP contribution is -2.60. The van der Waals surface area contributed by atoms with Crippen molar-refractivity contribution >= 4 is 15.9 Å². The number of carbonyl (C=O) groups excluding carboxylic acids is 1. The molecule has 5 rings (SSSR count). The van der Waals surface area contributed by atoms with Crippen LogP contribution in [0.3, 0.4) is 0 Å². The molecule has 1 amide bonds. The number of amides is 1. The van der Waals surface area contributed by atoms with Crippen molar-refractivity contribution < 1.29 is 39.9 Å². The van der Waals surface area contributed by atoms with Crippen LogP contribution in [-0.4, -0.2) is 50.0 Å². The highest BCUT2D eigenvalue weighted by Crippen LogP contribution is 2.40. The maximum absolute atomic E-state index is 16.1. The summed E-state index contributed by atoms with van der Waals surface area (Å²) in [5.74, 6) is -4.48. The first-order chi connectivity index (χ1) is 19.8. The van der Waals surface area contributed by atoms with Gasteiger partial charge < -0.3 is 15.4 Å². The first kappa shape index (κ1) is 30.7. The fourth-order valence-corrected chi connectivity index (χ4v) is 7.57. The number of sulfonamides is 1. The van der Waals surface area contributed by atoms with Crippen molar-refractivity contribution in [3.8, 4) is 5.75 Å². The van der Waals surface area contributed by atoms with Gasteiger partial charge in [-0.25, -0.2) is 8.42 Å². The summed E-state index contributed by atoms with van der Waals surface area (Å²) in [5.41, 5.74) is 4.00. The summed E-state index contributed by atoms with van der Waals surface area (Å²) < 4.78 is 106. The maximum atomic E-state index is 16.1. The summed E-state index contributed by atoms with van der Waals surface area (Å²) in [4.78, 5) is 14.7. The molecule has 3 unspecified atom stereocenters. The van der Waals surface area contributed by atoms with E-state index < -0.39 is 57.3 Å². The number of hydrogen-bond donors (Lipinski definition) is 2. The van der Waals surface area contributed by atoms with Crippen LogP contribution in [0, 0.1) is 5.92 Å². The van der Waals surface area contributed by atoms with Crippen LogP contribution in [0.5, 0.6) is 5.75 Å². The van der Waals surface area contributed by atoms with E-state index in [-0.39, 0.29) is 10.9 Å². The summed E-state index contributed by atoms with van der Waals surface area (Å²) in [6, 6.07) is 3.64. The van der Waals surface area contributed by atoms with Crippen molar-refractivity contribution in [2.24, 2.45) is 11.7 Å². The Labute approximate surface area is 241 Å². The van der Waals surface area contributed by atoms with Crippen LogP contribution in [0.2, 0.25) is 0 Å². The zero-order chi connectivity index (χ0) is 30.3. The average molecular weight is 616 g/mol. The van der Waals surface area contributed by atoms with Crippen molar-refractivity contribution in [2.75, 3.05) is 6.61 Å². The number of nitrogens with two attached hydrogens (primary N) is 1. The Morgan fingerprint density at radius 3 is 2.00 bits per heavy atom. The SMILES string of the molecule is NC1CC2CCC(C1)N2C(=O)C(NS(=O)(=O)c1ccc(OCC2CCCC2)cc1)C(F)(F)c1ccc(C(F)(F)F)cc1. The zero-order valence-corrected chi connectivity index (χ0v) is 23.6. The van der Waals surface area contributed by atoms with Crippen LogP contribution >= 0.6 is 0 Å². The van der Waals surface area contributed by atoms with Crippen LogP contribution in [0.4, 0.5) is 22.0 Å². The van der Waals surface area contributed by atoms with Gasteiger partial charge in [-0.2, -0.15) is 26.7 Å². The van der Waals surface area contributed by atoms with Gasteiger partial charge in [0.15, 0.2) is 6.04 Å². The van der Waals surface area contributed by atoms with Crippen LogP contribution in [0.15, 0.2) is 53.4 Å². The minimum absolute atomic E-state index is 0.216. The van der Waals surface area contributed by atoms with Crippen molar-refractivity contribution in [3.63, 3.8) is 0 Å². The van der Waals surface area contributed by atoms with E-state index >= 15 is 8.78 Å². The molecule has 3 N–H and O–H groups in total. The van der Waals surface area contributed by atoms with Gasteiger partial charge in [-0.05, 0) is 80.8 Å². The number of hydrogen-bond acceptors (Lipinski definition) is 5. The lowest BCUT2D eigenvalue weighted by Gasteiger charge is -2.41. The molecule has 0 spiro atoms. The molecule has 2 bridgehead atoms. The van der Waals surface area contributed by atoms with E-state index in [1.165, 1.54) is 29.2 Å². The molecule has 1 saturated carbocycles. The predicted molar refractivity (Wildman–Crippen MR) is 144 cm³/mol. The fraction of sp³-hybridized carbons (Fsp3) is 0.552. The molecule has 1 aliphatic carbocycles. The van der Waals surface area contributed by atoms with E-state index in [0.717, 1.165) is 25.7 Å². The maximum Gasteiger partial charge on any atom is 0.416 e. The van der Waals surface area contributed by atoms with E-state index in [1.807, 2.05) is 4.72 Å². The summed E-state index contributed by atoms with van der Waals surface area (Å²) in [6.45, 7) is 0.488. The highest BCUT2D eigenvalue weighted by molar-refractivity contribution is 7.89. The Hall–Kier alpha value is -2.77. The molecule has 2 heterocycles. The molecule has 2 aromatic carbocycles. The van der Waals surface area contributed by atoms with Gasteiger partial charge in [0.25, 0.3) is 5.92 Å². The molecule has 3 aliphatic rings. The topological polar surface area (TPSA) is 102 Å². The first-order valence-corrected chi connectivity index (χ1v) is 15.6. The second-order valence-corrected chi connectivity index (χ2v) is 13.3. The Balaban J connectivity index is 1.42. The normalized spacial score (nSPS) is 24.1. The Morgan fingerprint density at radius 2 is 1.45 bits per heavy atom. The van der Waals surface area contributed by atoms with Crippen LogP contribution < -0.4 is 15.2 Å². The van der Waals surface area contributed by atoms with Crippen molar-refractivity contribution in [3.05, 3.63) is 59.7 Å². The number of alkyl halides is 5. The number of fused-ring (bicyclic) bond motifs is 2. The lowest BCUT2D eigenvalue weighted by molar-refractivity contribution is -0.149. The fourth-order valence-electron chi connectivity index (χ4n) is 6.38. The molecule has 2 saturated heterocycles. The quantitative estimate of drug-likeness (QED) is 0.378. The molecule has 2 aliphatic heterocycles. The summed E-state index contributed by atoms with van der Waals surface area (Å²) in [6.07, 6.45) is 1.48. The smallest absolute Gasteiger partial charge is 0.416 e. The Bertz CT molecular complexity index is 1350. The molecule has 13 heteroatoms. The number of nitrogens with zero attached hydrogens (tertiary/aromatic N) is 1. The molecular formula is C29H34F5N3O4S. The van der Waals surface area contributed by atoms with Crippen molar-refractivity contribution in [1.82, 2.24) is 9.62 Å². The van der Waals surface area contributed by atoms with Gasteiger partial charge in [0.2, 0.25) is 15.9 Å². The Kier molecular flexibility index (Phi) is 8.56. The highest BCUT2D eigenvalue weighted by Gasteiger charge is 2.53. The number of halogens is 5. The molecular weight excluding hydrogens is 581 g/mol. The average Bonchev–Trinajstić information content (AvgIpc) is 3.56. The first-order valence-electron chi connectivity index (χ1n) is 14.1. The standard InChI is InChI=1S/C29H34F5N3O4S/c30-28(31,19-5-7-20(8-6-19)29(32,33)34)26(27(38)37-22-9-10-23(37)16-21(35)15-22)36-42(39,40)25-13-11-24(12-14-25)41-17-18-3-1-2-4-18/h5-8,11-14,18,21-23,26,36H,1-4,9-10,15-17,35H2. The van der Waals surface area contributed by atoms with Gasteiger partial charge in [-0.1, -0.05) is 25.0 Å². The second-order valence-electron chi connectivity index (χ2n) is 11.5. The molecule has 0 radical (unpaired) electrons. The van der Waals surface area contributed by atoms with Crippen LogP contribution in [-0.2, 0) is 26.9 Å². The van der Waals surface area contributed by atoms with Gasteiger partial charge in [-0.15, -0.1) is 0 Å². The molecule has 3 fully saturated rings. The molecule has 2 aromatic rings. The van der Waals surface area contributed by atoms with Crippen molar-refractivity contribution in [2.45, 2.75) is 92.5 Å². The lowest BCUT2D eigenvalue weighted by atomic mass is 9.94. The van der Waals surface area contributed by atoms with E-state index in [0.29, 0.717) is 68.2 Å². The van der Waals surface area contributed by atoms with Gasteiger partial charge in [0, 0.05) is 23.7 Å².